The number of carbonyl (C=O) groups excluding carboxylic acids is 1. The van der Waals surface area contributed by atoms with Crippen LogP contribution in [-0.4, -0.2) is 16.9 Å². The molecule has 0 aromatic heterocycles. The number of carboxylic acid groups (broad SMARTS) is 1. The highest BCUT2D eigenvalue weighted by molar-refractivity contribution is 7.80. The summed E-state index contributed by atoms with van der Waals surface area (Å²) >= 11 is 4.54. The first-order valence-corrected chi connectivity index (χ1v) is 11.5. The quantitative estimate of drug-likeness (QED) is 0.471. The van der Waals surface area contributed by atoms with Crippen molar-refractivity contribution < 1.29 is 14.7 Å². The van der Waals surface area contributed by atoms with Crippen LogP contribution in [0.1, 0.15) is 76.8 Å². The van der Waals surface area contributed by atoms with Crippen molar-refractivity contribution in [1.82, 2.24) is 0 Å². The molecular formula is C26H28O3S. The SMILES string of the molecule is C[C@]12CC[C@@H]3c4ccc(C(=O)O)cc4CC[C@H]3[C@@H]1CC[C@@H]2C(=O)c1ccccc1S. The van der Waals surface area contributed by atoms with Crippen molar-refractivity contribution in [1.29, 1.82) is 0 Å². The van der Waals surface area contributed by atoms with Crippen molar-refractivity contribution in [3.8, 4) is 0 Å². The molecule has 156 valence electrons. The Morgan fingerprint density at radius 1 is 1.07 bits per heavy atom. The predicted octanol–water partition coefficient (Wildman–Crippen LogP) is 6.03. The maximum absolute atomic E-state index is 13.5. The summed E-state index contributed by atoms with van der Waals surface area (Å²) in [6.45, 7) is 2.35. The van der Waals surface area contributed by atoms with Crippen molar-refractivity contribution in [3.05, 3.63) is 64.7 Å². The average molecular weight is 421 g/mol. The number of fused-ring (bicyclic) bond motifs is 5. The van der Waals surface area contributed by atoms with E-state index in [0.29, 0.717) is 23.3 Å². The molecule has 0 radical (unpaired) electrons. The molecule has 3 aliphatic rings. The van der Waals surface area contributed by atoms with Gasteiger partial charge in [0.25, 0.3) is 0 Å². The third-order valence-corrected chi connectivity index (χ3v) is 8.85. The zero-order chi connectivity index (χ0) is 21.0. The first-order chi connectivity index (χ1) is 14.4. The second kappa shape index (κ2) is 7.26. The van der Waals surface area contributed by atoms with Gasteiger partial charge in [-0.25, -0.2) is 4.79 Å². The molecule has 2 saturated carbocycles. The van der Waals surface area contributed by atoms with Crippen LogP contribution in [0.3, 0.4) is 0 Å². The lowest BCUT2D eigenvalue weighted by molar-refractivity contribution is 0.0275. The van der Waals surface area contributed by atoms with E-state index in [4.69, 9.17) is 0 Å². The predicted molar refractivity (Wildman–Crippen MR) is 120 cm³/mol. The second-order valence-electron chi connectivity index (χ2n) is 9.69. The highest BCUT2D eigenvalue weighted by Crippen LogP contribution is 2.63. The van der Waals surface area contributed by atoms with Gasteiger partial charge in [-0.3, -0.25) is 4.79 Å². The fraction of sp³-hybridized carbons (Fsp3) is 0.462. The maximum atomic E-state index is 13.5. The van der Waals surface area contributed by atoms with Crippen molar-refractivity contribution in [2.75, 3.05) is 0 Å². The lowest BCUT2D eigenvalue weighted by Gasteiger charge is -2.50. The van der Waals surface area contributed by atoms with Gasteiger partial charge in [0.1, 0.15) is 0 Å². The summed E-state index contributed by atoms with van der Waals surface area (Å²) in [5.74, 6) is 1.15. The zero-order valence-electron chi connectivity index (χ0n) is 17.3. The molecule has 0 saturated heterocycles. The molecule has 2 aromatic rings. The van der Waals surface area contributed by atoms with E-state index in [9.17, 15) is 14.7 Å². The number of carbonyl (C=O) groups is 2. The van der Waals surface area contributed by atoms with Crippen LogP contribution in [0, 0.1) is 23.2 Å². The number of hydrogen-bond donors (Lipinski definition) is 2. The maximum Gasteiger partial charge on any atom is 0.335 e. The minimum absolute atomic E-state index is 0.0484. The summed E-state index contributed by atoms with van der Waals surface area (Å²) in [7, 11) is 0. The first kappa shape index (κ1) is 19.9. The number of aryl methyl sites for hydroxylation is 1. The number of rotatable bonds is 3. The summed E-state index contributed by atoms with van der Waals surface area (Å²) in [6.07, 6.45) is 6.28. The van der Waals surface area contributed by atoms with Crippen LogP contribution < -0.4 is 0 Å². The van der Waals surface area contributed by atoms with Gasteiger partial charge in [0.2, 0.25) is 0 Å². The monoisotopic (exact) mass is 420 g/mol. The molecule has 0 aliphatic heterocycles. The Kier molecular flexibility index (Phi) is 4.81. The molecule has 4 heteroatoms. The Balaban J connectivity index is 1.44. The number of hydrogen-bond acceptors (Lipinski definition) is 3. The molecule has 5 rings (SSSR count). The fourth-order valence-electron chi connectivity index (χ4n) is 7.02. The fourth-order valence-corrected chi connectivity index (χ4v) is 7.29. The van der Waals surface area contributed by atoms with Crippen LogP contribution in [0.15, 0.2) is 47.4 Å². The largest absolute Gasteiger partial charge is 0.478 e. The molecule has 0 spiro atoms. The smallest absolute Gasteiger partial charge is 0.335 e. The van der Waals surface area contributed by atoms with Crippen molar-refractivity contribution in [2.45, 2.75) is 56.3 Å². The number of carboxylic acids is 1. The van der Waals surface area contributed by atoms with Gasteiger partial charge >= 0.3 is 5.97 Å². The van der Waals surface area contributed by atoms with Gasteiger partial charge in [-0.1, -0.05) is 31.2 Å². The Morgan fingerprint density at radius 2 is 1.87 bits per heavy atom. The van der Waals surface area contributed by atoms with E-state index in [1.54, 1.807) is 6.07 Å². The minimum Gasteiger partial charge on any atom is -0.478 e. The van der Waals surface area contributed by atoms with Gasteiger partial charge in [-0.2, -0.15) is 0 Å². The van der Waals surface area contributed by atoms with Crippen LogP contribution in [0.2, 0.25) is 0 Å². The average Bonchev–Trinajstić information content (AvgIpc) is 3.10. The topological polar surface area (TPSA) is 54.4 Å². The number of ketones is 1. The van der Waals surface area contributed by atoms with Gasteiger partial charge in [0.05, 0.1) is 5.56 Å². The highest BCUT2D eigenvalue weighted by Gasteiger charge is 2.56. The highest BCUT2D eigenvalue weighted by atomic mass is 32.1. The molecule has 1 N–H and O–H groups in total. The molecule has 3 nitrogen and oxygen atoms in total. The third-order valence-electron chi connectivity index (χ3n) is 8.46. The van der Waals surface area contributed by atoms with Gasteiger partial charge < -0.3 is 5.11 Å². The van der Waals surface area contributed by atoms with E-state index in [1.165, 1.54) is 11.1 Å². The van der Waals surface area contributed by atoms with E-state index in [0.717, 1.165) is 49.0 Å². The molecule has 0 heterocycles. The molecule has 30 heavy (non-hydrogen) atoms. The number of Topliss-reactive ketones (excluding diaryl/α,β-unsaturated/α-hetero) is 1. The number of aromatic carboxylic acids is 1. The second-order valence-corrected chi connectivity index (χ2v) is 10.2. The zero-order valence-corrected chi connectivity index (χ0v) is 18.2. The van der Waals surface area contributed by atoms with Crippen LogP contribution in [-0.2, 0) is 6.42 Å². The van der Waals surface area contributed by atoms with E-state index < -0.39 is 5.97 Å². The standard InChI is InChI=1S/C26H28O3S/c1-26-13-12-18-17-8-7-16(25(28)29)14-15(17)6-9-19(18)21(26)10-11-22(26)24(27)20-4-2-3-5-23(20)30/h2-5,7-8,14,18-19,21-22,30H,6,9-13H2,1H3,(H,28,29)/t18-,19-,21+,22-,26+/m1/s1. The molecule has 5 atom stereocenters. The van der Waals surface area contributed by atoms with E-state index >= 15 is 0 Å². The molecule has 0 amide bonds. The summed E-state index contributed by atoms with van der Waals surface area (Å²) in [5.41, 5.74) is 3.78. The number of thiol groups is 1. The minimum atomic E-state index is -0.849. The third kappa shape index (κ3) is 2.95. The van der Waals surface area contributed by atoms with Crippen molar-refractivity contribution in [3.63, 3.8) is 0 Å². The lowest BCUT2D eigenvalue weighted by atomic mass is 9.53. The van der Waals surface area contributed by atoms with Gasteiger partial charge in [0, 0.05) is 16.4 Å². The Bertz CT molecular complexity index is 1030. The summed E-state index contributed by atoms with van der Waals surface area (Å²) < 4.78 is 0. The molecule has 2 aromatic carbocycles. The Labute approximate surface area is 183 Å². The van der Waals surface area contributed by atoms with E-state index in [2.05, 4.69) is 25.6 Å². The van der Waals surface area contributed by atoms with Gasteiger partial charge in [-0.15, -0.1) is 12.6 Å². The summed E-state index contributed by atoms with van der Waals surface area (Å²) in [6, 6.07) is 13.4. The number of benzene rings is 2. The molecule has 0 bridgehead atoms. The van der Waals surface area contributed by atoms with Crippen molar-refractivity contribution in [2.24, 2.45) is 23.2 Å². The normalized spacial score (nSPS) is 32.1. The van der Waals surface area contributed by atoms with Crippen LogP contribution in [0.25, 0.3) is 0 Å². The van der Waals surface area contributed by atoms with Crippen LogP contribution >= 0.6 is 12.6 Å². The lowest BCUT2D eigenvalue weighted by Crippen LogP contribution is -2.44. The summed E-state index contributed by atoms with van der Waals surface area (Å²) in [5, 5.41) is 9.33. The van der Waals surface area contributed by atoms with E-state index in [-0.39, 0.29) is 17.1 Å². The molecule has 3 aliphatic carbocycles. The van der Waals surface area contributed by atoms with Crippen LogP contribution in [0.4, 0.5) is 0 Å². The van der Waals surface area contributed by atoms with Crippen molar-refractivity contribution >= 4 is 24.4 Å². The van der Waals surface area contributed by atoms with Crippen LogP contribution in [0.5, 0.6) is 0 Å². The first-order valence-electron chi connectivity index (χ1n) is 11.1. The van der Waals surface area contributed by atoms with E-state index in [1.807, 2.05) is 30.3 Å². The Hall–Kier alpha value is -2.07. The van der Waals surface area contributed by atoms with Gasteiger partial charge in [0.15, 0.2) is 5.78 Å². The molecule has 2 fully saturated rings. The van der Waals surface area contributed by atoms with Gasteiger partial charge in [-0.05, 0) is 91.0 Å². The molecule has 0 unspecified atom stereocenters. The summed E-state index contributed by atoms with van der Waals surface area (Å²) in [4.78, 5) is 25.6. The molecular weight excluding hydrogens is 392 g/mol. The Morgan fingerprint density at radius 3 is 2.63 bits per heavy atom.